The number of halogens is 2. The van der Waals surface area contributed by atoms with Crippen molar-refractivity contribution in [2.75, 3.05) is 5.75 Å². The fraction of sp³-hybridized carbons (Fsp3) is 0.370. The maximum Gasteiger partial charge on any atom is 0.300 e. The van der Waals surface area contributed by atoms with E-state index >= 15 is 0 Å². The molecule has 0 saturated heterocycles. The molecule has 1 amide bonds. The molecule has 0 spiro atoms. The highest BCUT2D eigenvalue weighted by molar-refractivity contribution is 9.10. The van der Waals surface area contributed by atoms with Gasteiger partial charge in [-0.05, 0) is 79.5 Å². The van der Waals surface area contributed by atoms with E-state index in [0.29, 0.717) is 39.1 Å². The summed E-state index contributed by atoms with van der Waals surface area (Å²) in [6.07, 6.45) is 4.78. The minimum absolute atomic E-state index is 0.0281. The molecule has 0 unspecified atom stereocenters. The lowest BCUT2D eigenvalue weighted by atomic mass is 9.83. The van der Waals surface area contributed by atoms with Gasteiger partial charge >= 0.3 is 0 Å². The van der Waals surface area contributed by atoms with Gasteiger partial charge in [-0.1, -0.05) is 41.0 Å². The Morgan fingerprint density at radius 3 is 2.73 bits per heavy atom. The number of nitrogens with zero attached hydrogens (tertiary/aromatic N) is 4. The fourth-order valence-electron chi connectivity index (χ4n) is 6.09. The zero-order valence-electron chi connectivity index (χ0n) is 20.2. The minimum atomic E-state index is -0.519. The summed E-state index contributed by atoms with van der Waals surface area (Å²) in [5.74, 6) is 1.61. The predicted octanol–water partition coefficient (Wildman–Crippen LogP) is 5.24. The summed E-state index contributed by atoms with van der Waals surface area (Å²) in [4.78, 5) is 35.1. The number of hydrogen-bond acceptors (Lipinski definition) is 6. The molecule has 2 fully saturated rings. The Labute approximate surface area is 225 Å². The average molecular weight is 582 g/mol. The predicted molar refractivity (Wildman–Crippen MR) is 145 cm³/mol. The van der Waals surface area contributed by atoms with E-state index in [1.165, 1.54) is 59.8 Å². The van der Waals surface area contributed by atoms with Crippen molar-refractivity contribution in [3.63, 3.8) is 0 Å². The molecule has 190 valence electrons. The Hall–Kier alpha value is -2.85. The summed E-state index contributed by atoms with van der Waals surface area (Å²) >= 11 is 4.74. The zero-order valence-corrected chi connectivity index (χ0v) is 22.6. The first kappa shape index (κ1) is 24.5. The molecule has 1 N–H and O–H groups in total. The minimum Gasteiger partial charge on any atom is -0.352 e. The molecule has 2 aromatic heterocycles. The quantitative estimate of drug-likeness (QED) is 0.190. The van der Waals surface area contributed by atoms with Crippen LogP contribution in [0.2, 0.25) is 0 Å². The molecule has 6 rings (SSSR count). The number of carbonyl (C=O) groups excluding carboxylic acids is 1. The second-order valence-electron chi connectivity index (χ2n) is 9.85. The van der Waals surface area contributed by atoms with Gasteiger partial charge < -0.3 is 5.32 Å². The van der Waals surface area contributed by atoms with Crippen LogP contribution < -0.4 is 10.9 Å². The summed E-state index contributed by atoms with van der Waals surface area (Å²) in [5, 5.41) is 9.00. The van der Waals surface area contributed by atoms with E-state index in [-0.39, 0.29) is 23.4 Å². The molecule has 4 atom stereocenters. The highest BCUT2D eigenvalue weighted by atomic mass is 79.9. The maximum atomic E-state index is 13.5. The van der Waals surface area contributed by atoms with Crippen molar-refractivity contribution >= 4 is 50.1 Å². The van der Waals surface area contributed by atoms with E-state index in [9.17, 15) is 14.0 Å². The lowest BCUT2D eigenvalue weighted by Crippen LogP contribution is -2.44. The van der Waals surface area contributed by atoms with Crippen LogP contribution >= 0.6 is 27.7 Å². The van der Waals surface area contributed by atoms with Crippen LogP contribution in [0.1, 0.15) is 32.6 Å². The van der Waals surface area contributed by atoms with Crippen molar-refractivity contribution in [1.29, 1.82) is 0 Å². The fourth-order valence-corrected chi connectivity index (χ4v) is 7.21. The van der Waals surface area contributed by atoms with Crippen LogP contribution in [0.5, 0.6) is 0 Å². The van der Waals surface area contributed by atoms with Gasteiger partial charge in [0.05, 0.1) is 11.3 Å². The lowest BCUT2D eigenvalue weighted by molar-refractivity contribution is -0.120. The zero-order chi connectivity index (χ0) is 25.7. The largest absolute Gasteiger partial charge is 0.352 e. The molecule has 0 aliphatic heterocycles. The van der Waals surface area contributed by atoms with E-state index in [1.807, 2.05) is 18.2 Å². The Kier molecular flexibility index (Phi) is 6.48. The second kappa shape index (κ2) is 9.79. The van der Waals surface area contributed by atoms with Crippen molar-refractivity contribution in [3.05, 3.63) is 63.1 Å². The first-order valence-corrected chi connectivity index (χ1v) is 14.3. The van der Waals surface area contributed by atoms with Gasteiger partial charge in [-0.15, -0.1) is 0 Å². The standard InChI is InChI=1S/C27H25BrFN5O2S/c1-2-19-15-3-4-16(11-15)23(19)31-22(35)13-37-27-30-21-10-7-17(28)12-20(21)25-32-26(36)24(33-34(25)27)14-5-8-18(29)9-6-14/h5-10,12,15-16,19,23H,2-4,11,13H2,1H3,(H,31,35)/t15-,16-,19+,23+/m0/s1. The summed E-state index contributed by atoms with van der Waals surface area (Å²) in [6, 6.07) is 11.3. The number of fused-ring (bicyclic) bond motifs is 5. The van der Waals surface area contributed by atoms with Crippen molar-refractivity contribution in [3.8, 4) is 11.3 Å². The Morgan fingerprint density at radius 1 is 1.16 bits per heavy atom. The number of thioether (sulfide) groups is 1. The van der Waals surface area contributed by atoms with E-state index in [1.54, 1.807) is 0 Å². The van der Waals surface area contributed by atoms with E-state index < -0.39 is 11.4 Å². The molecule has 2 aliphatic carbocycles. The first-order valence-electron chi connectivity index (χ1n) is 12.5. The van der Waals surface area contributed by atoms with Crippen LogP contribution in [0.3, 0.4) is 0 Å². The van der Waals surface area contributed by atoms with Crippen molar-refractivity contribution in [1.82, 2.24) is 24.9 Å². The monoisotopic (exact) mass is 581 g/mol. The number of aromatic nitrogens is 4. The van der Waals surface area contributed by atoms with Crippen LogP contribution in [0.25, 0.3) is 27.8 Å². The third kappa shape index (κ3) is 4.54. The molecule has 2 aliphatic rings. The molecular formula is C27H25BrFN5O2S. The molecule has 7 nitrogen and oxygen atoms in total. The number of rotatable bonds is 6. The number of nitrogens with one attached hydrogen (secondary N) is 1. The third-order valence-electron chi connectivity index (χ3n) is 7.74. The van der Waals surface area contributed by atoms with E-state index in [2.05, 4.69) is 38.3 Å². The molecule has 2 heterocycles. The van der Waals surface area contributed by atoms with Crippen LogP contribution in [-0.4, -0.2) is 37.3 Å². The molecule has 2 aromatic carbocycles. The Balaban J connectivity index is 1.35. The van der Waals surface area contributed by atoms with Gasteiger partial charge in [0.25, 0.3) is 5.56 Å². The van der Waals surface area contributed by atoms with Crippen molar-refractivity contribution < 1.29 is 9.18 Å². The van der Waals surface area contributed by atoms with Crippen molar-refractivity contribution in [2.45, 2.75) is 43.8 Å². The second-order valence-corrected chi connectivity index (χ2v) is 11.7. The average Bonchev–Trinajstić information content (AvgIpc) is 3.49. The Bertz CT molecular complexity index is 1580. The topological polar surface area (TPSA) is 89.2 Å². The highest BCUT2D eigenvalue weighted by Crippen LogP contribution is 2.49. The smallest absolute Gasteiger partial charge is 0.300 e. The summed E-state index contributed by atoms with van der Waals surface area (Å²) in [7, 11) is 0. The van der Waals surface area contributed by atoms with Gasteiger partial charge in [0.1, 0.15) is 5.82 Å². The van der Waals surface area contributed by atoms with Gasteiger partial charge in [0.2, 0.25) is 5.91 Å². The molecule has 4 aromatic rings. The molecule has 2 bridgehead atoms. The number of amides is 1. The highest BCUT2D eigenvalue weighted by Gasteiger charge is 2.46. The maximum absolute atomic E-state index is 13.5. The van der Waals surface area contributed by atoms with Crippen LogP contribution in [0.15, 0.2) is 56.9 Å². The van der Waals surface area contributed by atoms with Gasteiger partial charge in [-0.2, -0.15) is 14.6 Å². The van der Waals surface area contributed by atoms with Crippen LogP contribution in [0.4, 0.5) is 4.39 Å². The molecule has 2 saturated carbocycles. The summed E-state index contributed by atoms with van der Waals surface area (Å²) in [6.45, 7) is 2.21. The Morgan fingerprint density at radius 2 is 1.95 bits per heavy atom. The molecule has 10 heteroatoms. The van der Waals surface area contributed by atoms with Crippen LogP contribution in [0, 0.1) is 23.6 Å². The van der Waals surface area contributed by atoms with Gasteiger partial charge in [-0.25, -0.2) is 9.37 Å². The third-order valence-corrected chi connectivity index (χ3v) is 9.17. The number of hydrogen-bond donors (Lipinski definition) is 1. The first-order chi connectivity index (χ1) is 17.9. The molecule has 37 heavy (non-hydrogen) atoms. The normalized spacial score (nSPS) is 22.7. The van der Waals surface area contributed by atoms with Crippen LogP contribution in [-0.2, 0) is 4.79 Å². The molecular weight excluding hydrogens is 557 g/mol. The summed E-state index contributed by atoms with van der Waals surface area (Å²) in [5.41, 5.74) is 1.03. The number of carbonyl (C=O) groups is 1. The van der Waals surface area contributed by atoms with Gasteiger partial charge in [-0.3, -0.25) is 9.59 Å². The summed E-state index contributed by atoms with van der Waals surface area (Å²) < 4.78 is 15.8. The van der Waals surface area contributed by atoms with Crippen molar-refractivity contribution in [2.24, 2.45) is 17.8 Å². The van der Waals surface area contributed by atoms with E-state index in [4.69, 9.17) is 4.98 Å². The number of benzene rings is 2. The van der Waals surface area contributed by atoms with E-state index in [0.717, 1.165) is 16.8 Å². The van der Waals surface area contributed by atoms with Gasteiger partial charge in [0.15, 0.2) is 16.5 Å². The van der Waals surface area contributed by atoms with Gasteiger partial charge in [0, 0.05) is 21.5 Å². The lowest BCUT2D eigenvalue weighted by Gasteiger charge is -2.31. The molecule has 0 radical (unpaired) electrons. The SMILES string of the molecule is CC[C@@H]1[C@H]2CC[C@@H](C2)[C@H]1NC(=O)CSc1nc2ccc(Br)cc2c2nc(=O)c(-c3ccc(F)cc3)nn12.